The van der Waals surface area contributed by atoms with Gasteiger partial charge in [0, 0.05) is 0 Å². The van der Waals surface area contributed by atoms with Crippen LogP contribution in [0.4, 0.5) is 0 Å². The molecule has 0 aromatic rings. The van der Waals surface area contributed by atoms with Gasteiger partial charge < -0.3 is 19.7 Å². The predicted octanol–water partition coefficient (Wildman–Crippen LogP) is -0.171. The Hall–Kier alpha value is -1.31. The van der Waals surface area contributed by atoms with Crippen LogP contribution in [0.5, 0.6) is 0 Å². The van der Waals surface area contributed by atoms with E-state index in [0.29, 0.717) is 0 Å². The van der Waals surface area contributed by atoms with Crippen molar-refractivity contribution in [2.45, 2.75) is 68.5 Å². The largest absolute Gasteiger partial charge is 0.479 e. The van der Waals surface area contributed by atoms with Crippen LogP contribution in [0.25, 0.3) is 0 Å². The van der Waals surface area contributed by atoms with Crippen LogP contribution in [0, 0.1) is 0 Å². The number of carboxylic acids is 1. The van der Waals surface area contributed by atoms with Gasteiger partial charge in [0.1, 0.15) is 0 Å². The number of hydrogen-bond acceptors (Lipinski definition) is 6. The molecule has 2 N–H and O–H groups in total. The Morgan fingerprint density at radius 3 is 2.14 bits per heavy atom. The number of carbonyl (C=O) groups is 3. The molecular weight excluding hydrogens is 280 g/mol. The van der Waals surface area contributed by atoms with Gasteiger partial charge >= 0.3 is 5.97 Å². The van der Waals surface area contributed by atoms with E-state index in [9.17, 15) is 19.5 Å². The number of ether oxygens (including phenoxy) is 2. The fraction of sp³-hybridized carbons (Fsp3) is 0.786. The molecule has 7 nitrogen and oxygen atoms in total. The molecule has 2 saturated heterocycles. The SMILES string of the molecule is CC(O)(CCC12OC1(C)C(=O)C1(C)OC1(C)C2=O)C(=O)O. The average Bonchev–Trinajstić information content (AvgIpc) is 3.19. The number of rotatable bonds is 4. The predicted molar refractivity (Wildman–Crippen MR) is 67.6 cm³/mol. The maximum Gasteiger partial charge on any atom is 0.335 e. The first-order chi connectivity index (χ1) is 9.37. The summed E-state index contributed by atoms with van der Waals surface area (Å²) in [6.45, 7) is 5.79. The third-order valence-electron chi connectivity index (χ3n) is 5.48. The third-order valence-corrected chi connectivity index (χ3v) is 5.48. The van der Waals surface area contributed by atoms with Crippen molar-refractivity contribution >= 4 is 17.5 Å². The summed E-state index contributed by atoms with van der Waals surface area (Å²) in [7, 11) is 0. The van der Waals surface area contributed by atoms with Gasteiger partial charge in [-0.25, -0.2) is 4.79 Å². The second kappa shape index (κ2) is 3.37. The summed E-state index contributed by atoms with van der Waals surface area (Å²) >= 11 is 0. The van der Waals surface area contributed by atoms with Crippen molar-refractivity contribution < 1.29 is 34.1 Å². The van der Waals surface area contributed by atoms with Crippen molar-refractivity contribution in [1.29, 1.82) is 0 Å². The van der Waals surface area contributed by atoms with Gasteiger partial charge in [-0.15, -0.1) is 0 Å². The fourth-order valence-corrected chi connectivity index (χ4v) is 3.49. The van der Waals surface area contributed by atoms with E-state index in [1.807, 2.05) is 0 Å². The molecule has 0 radical (unpaired) electrons. The minimum atomic E-state index is -1.98. The van der Waals surface area contributed by atoms with Crippen LogP contribution in [0.2, 0.25) is 0 Å². The van der Waals surface area contributed by atoms with Crippen molar-refractivity contribution in [1.82, 2.24) is 0 Å². The molecule has 7 heteroatoms. The molecule has 1 aliphatic carbocycles. The Morgan fingerprint density at radius 1 is 1.10 bits per heavy atom. The van der Waals surface area contributed by atoms with Crippen LogP contribution in [0.1, 0.15) is 40.5 Å². The summed E-state index contributed by atoms with van der Waals surface area (Å²) in [4.78, 5) is 36.1. The number of epoxide rings is 2. The molecule has 116 valence electrons. The zero-order valence-corrected chi connectivity index (χ0v) is 12.3. The lowest BCUT2D eigenvalue weighted by Crippen LogP contribution is -2.56. The molecule has 5 unspecified atom stereocenters. The number of hydrogen-bond donors (Lipinski definition) is 2. The van der Waals surface area contributed by atoms with Crippen LogP contribution < -0.4 is 0 Å². The molecule has 2 aliphatic heterocycles. The normalized spacial score (nSPS) is 50.0. The topological polar surface area (TPSA) is 117 Å². The van der Waals surface area contributed by atoms with Gasteiger partial charge in [-0.1, -0.05) is 0 Å². The van der Waals surface area contributed by atoms with Crippen LogP contribution in [-0.4, -0.2) is 55.8 Å². The van der Waals surface area contributed by atoms with E-state index in [-0.39, 0.29) is 24.4 Å². The van der Waals surface area contributed by atoms with Gasteiger partial charge in [0.2, 0.25) is 11.6 Å². The number of carboxylic acid groups (broad SMARTS) is 1. The number of carbonyl (C=O) groups excluding carboxylic acids is 2. The van der Waals surface area contributed by atoms with Crippen molar-refractivity contribution in [2.24, 2.45) is 0 Å². The zero-order valence-electron chi connectivity index (χ0n) is 12.3. The molecule has 3 aliphatic rings. The molecule has 5 atom stereocenters. The Balaban J connectivity index is 1.88. The molecule has 2 heterocycles. The van der Waals surface area contributed by atoms with Crippen molar-refractivity contribution in [2.75, 3.05) is 0 Å². The summed E-state index contributed by atoms with van der Waals surface area (Å²) < 4.78 is 10.9. The summed E-state index contributed by atoms with van der Waals surface area (Å²) in [6.07, 6.45) is -0.230. The Labute approximate surface area is 121 Å². The molecule has 0 amide bonds. The Kier molecular flexibility index (Phi) is 2.34. The van der Waals surface area contributed by atoms with Gasteiger partial charge in [0.25, 0.3) is 0 Å². The van der Waals surface area contributed by atoms with E-state index in [2.05, 4.69) is 0 Å². The highest BCUT2D eigenvalue weighted by Crippen LogP contribution is 2.68. The Morgan fingerprint density at radius 2 is 1.62 bits per heavy atom. The highest BCUT2D eigenvalue weighted by molar-refractivity contribution is 6.20. The number of ketones is 2. The first kappa shape index (κ1) is 14.6. The number of Topliss-reactive ketones (excluding diaryl/α,β-unsaturated/α-hetero) is 2. The maximum atomic E-state index is 12.7. The number of aliphatic hydroxyl groups is 1. The molecule has 0 bridgehead atoms. The molecule has 21 heavy (non-hydrogen) atoms. The zero-order chi connectivity index (χ0) is 16.1. The minimum absolute atomic E-state index is 0.0393. The van der Waals surface area contributed by atoms with Gasteiger partial charge in [-0.05, 0) is 40.5 Å². The van der Waals surface area contributed by atoms with Crippen LogP contribution in [0.15, 0.2) is 0 Å². The van der Waals surface area contributed by atoms with Gasteiger partial charge in [-0.2, -0.15) is 0 Å². The molecule has 3 fully saturated rings. The molecule has 0 spiro atoms. The van der Waals surface area contributed by atoms with Crippen molar-refractivity contribution in [3.63, 3.8) is 0 Å². The second-order valence-electron chi connectivity index (χ2n) is 6.87. The van der Waals surface area contributed by atoms with E-state index in [0.717, 1.165) is 6.92 Å². The van der Waals surface area contributed by atoms with Crippen LogP contribution in [0.3, 0.4) is 0 Å². The number of aliphatic carboxylic acids is 1. The summed E-state index contributed by atoms with van der Waals surface area (Å²) in [5.41, 5.74) is -7.02. The molecule has 0 aromatic heterocycles. The minimum Gasteiger partial charge on any atom is -0.479 e. The summed E-state index contributed by atoms with van der Waals surface area (Å²) in [6, 6.07) is 0. The maximum absolute atomic E-state index is 12.7. The lowest BCUT2D eigenvalue weighted by Gasteiger charge is -2.27. The summed E-state index contributed by atoms with van der Waals surface area (Å²) in [5, 5.41) is 18.7. The highest BCUT2D eigenvalue weighted by atomic mass is 16.7. The second-order valence-corrected chi connectivity index (χ2v) is 6.87. The fourth-order valence-electron chi connectivity index (χ4n) is 3.49. The van der Waals surface area contributed by atoms with E-state index in [1.54, 1.807) is 13.8 Å². The summed E-state index contributed by atoms with van der Waals surface area (Å²) in [5.74, 6) is -2.03. The standard InChI is InChI=1S/C14H18O7/c1-10(19,9(17)18)5-6-14-8(16)12(3)11(2,20-12)7(15)13(14,4)21-14/h19H,5-6H2,1-4H3,(H,17,18). The monoisotopic (exact) mass is 298 g/mol. The van der Waals surface area contributed by atoms with E-state index >= 15 is 0 Å². The van der Waals surface area contributed by atoms with Gasteiger partial charge in [0.05, 0.1) is 0 Å². The first-order valence-corrected chi connectivity index (χ1v) is 6.83. The van der Waals surface area contributed by atoms with Gasteiger partial charge in [-0.3, -0.25) is 9.59 Å². The Bertz CT molecular complexity index is 596. The van der Waals surface area contributed by atoms with E-state index < -0.39 is 34.0 Å². The van der Waals surface area contributed by atoms with E-state index in [1.165, 1.54) is 6.92 Å². The van der Waals surface area contributed by atoms with Crippen LogP contribution in [-0.2, 0) is 23.9 Å². The highest BCUT2D eigenvalue weighted by Gasteiger charge is 2.92. The first-order valence-electron chi connectivity index (χ1n) is 6.83. The average molecular weight is 298 g/mol. The van der Waals surface area contributed by atoms with Crippen molar-refractivity contribution in [3.8, 4) is 0 Å². The lowest BCUT2D eigenvalue weighted by molar-refractivity contribution is -0.158. The quantitative estimate of drug-likeness (QED) is 0.692. The van der Waals surface area contributed by atoms with Crippen LogP contribution >= 0.6 is 0 Å². The smallest absolute Gasteiger partial charge is 0.335 e. The van der Waals surface area contributed by atoms with E-state index in [4.69, 9.17) is 14.6 Å². The molecule has 1 saturated carbocycles. The third kappa shape index (κ3) is 1.37. The van der Waals surface area contributed by atoms with Crippen molar-refractivity contribution in [3.05, 3.63) is 0 Å². The lowest BCUT2D eigenvalue weighted by atomic mass is 9.66. The number of fused-ring (bicyclic) bond motifs is 2. The van der Waals surface area contributed by atoms with Gasteiger partial charge in [0.15, 0.2) is 28.0 Å². The molecular formula is C14H18O7. The molecule has 3 rings (SSSR count). The molecule has 0 aromatic carbocycles.